The highest BCUT2D eigenvalue weighted by Gasteiger charge is 2.33. The second-order valence-electron chi connectivity index (χ2n) is 7.03. The van der Waals surface area contributed by atoms with E-state index in [2.05, 4.69) is 29.0 Å². The minimum Gasteiger partial charge on any atom is -0.497 e. The molecule has 24 heavy (non-hydrogen) atoms. The van der Waals surface area contributed by atoms with Gasteiger partial charge >= 0.3 is 0 Å². The van der Waals surface area contributed by atoms with Gasteiger partial charge in [-0.25, -0.2) is 0 Å². The molecule has 1 aromatic rings. The molecule has 5 nitrogen and oxygen atoms in total. The summed E-state index contributed by atoms with van der Waals surface area (Å²) in [6, 6.07) is 8.96. The number of ether oxygens (including phenoxy) is 1. The third-order valence-electron chi connectivity index (χ3n) is 5.52. The van der Waals surface area contributed by atoms with E-state index in [0.29, 0.717) is 6.04 Å². The van der Waals surface area contributed by atoms with Crippen LogP contribution in [0.2, 0.25) is 0 Å². The van der Waals surface area contributed by atoms with E-state index in [1.54, 1.807) is 14.0 Å². The van der Waals surface area contributed by atoms with Gasteiger partial charge in [0.2, 0.25) is 5.91 Å². The van der Waals surface area contributed by atoms with Gasteiger partial charge in [-0.2, -0.15) is 0 Å². The van der Waals surface area contributed by atoms with Gasteiger partial charge in [-0.3, -0.25) is 9.69 Å². The summed E-state index contributed by atoms with van der Waals surface area (Å²) in [5, 5.41) is 0. The Morgan fingerprint density at radius 1 is 1.08 bits per heavy atom. The van der Waals surface area contributed by atoms with Gasteiger partial charge in [-0.15, -0.1) is 0 Å². The fraction of sp³-hybridized carbons (Fsp3) is 0.632. The molecule has 0 aromatic heterocycles. The number of carbonyl (C=O) groups excluding carboxylic acids is 1. The number of likely N-dealkylation sites (tertiary alicyclic amines) is 1. The molecule has 0 bridgehead atoms. The zero-order valence-corrected chi connectivity index (χ0v) is 15.1. The first-order valence-electron chi connectivity index (χ1n) is 8.92. The number of rotatable bonds is 3. The van der Waals surface area contributed by atoms with Crippen molar-refractivity contribution in [2.75, 3.05) is 46.9 Å². The highest BCUT2D eigenvalue weighted by molar-refractivity contribution is 5.74. The van der Waals surface area contributed by atoms with Gasteiger partial charge in [-0.1, -0.05) is 12.1 Å². The van der Waals surface area contributed by atoms with Crippen LogP contribution < -0.4 is 4.74 Å². The summed E-state index contributed by atoms with van der Waals surface area (Å²) in [5.74, 6) is 1.02. The number of benzene rings is 1. The number of piperazine rings is 1. The summed E-state index contributed by atoms with van der Waals surface area (Å²) >= 11 is 0. The number of piperidine rings is 1. The maximum Gasteiger partial charge on any atom is 0.220 e. The fourth-order valence-corrected chi connectivity index (χ4v) is 3.98. The number of hydrogen-bond acceptors (Lipinski definition) is 4. The highest BCUT2D eigenvalue weighted by atomic mass is 16.5. The van der Waals surface area contributed by atoms with E-state index in [9.17, 15) is 4.79 Å². The van der Waals surface area contributed by atoms with Gasteiger partial charge in [-0.05, 0) is 50.7 Å². The molecule has 0 spiro atoms. The van der Waals surface area contributed by atoms with Crippen molar-refractivity contribution in [2.45, 2.75) is 31.8 Å². The van der Waals surface area contributed by atoms with E-state index < -0.39 is 0 Å². The molecule has 2 aliphatic rings. The van der Waals surface area contributed by atoms with Gasteiger partial charge in [0.25, 0.3) is 0 Å². The molecule has 0 aliphatic carbocycles. The van der Waals surface area contributed by atoms with Gasteiger partial charge in [0, 0.05) is 32.6 Å². The van der Waals surface area contributed by atoms with E-state index >= 15 is 0 Å². The lowest BCUT2D eigenvalue weighted by Crippen LogP contribution is -2.55. The first kappa shape index (κ1) is 17.2. The molecule has 2 saturated heterocycles. The Morgan fingerprint density at radius 2 is 1.75 bits per heavy atom. The molecular weight excluding hydrogens is 302 g/mol. The number of methoxy groups -OCH3 is 1. The van der Waals surface area contributed by atoms with E-state index in [0.717, 1.165) is 25.4 Å². The molecule has 2 aliphatic heterocycles. The van der Waals surface area contributed by atoms with E-state index in [4.69, 9.17) is 4.74 Å². The van der Waals surface area contributed by atoms with Crippen LogP contribution in [0.25, 0.3) is 0 Å². The van der Waals surface area contributed by atoms with E-state index in [1.807, 2.05) is 17.0 Å². The van der Waals surface area contributed by atoms with Crippen LogP contribution in [0, 0.1) is 0 Å². The predicted molar refractivity (Wildman–Crippen MR) is 95.2 cm³/mol. The van der Waals surface area contributed by atoms with Crippen LogP contribution in [0.3, 0.4) is 0 Å². The monoisotopic (exact) mass is 331 g/mol. The molecule has 132 valence electrons. The topological polar surface area (TPSA) is 36.0 Å². The van der Waals surface area contributed by atoms with Crippen molar-refractivity contribution in [1.82, 2.24) is 14.7 Å². The molecule has 0 N–H and O–H groups in total. The zero-order chi connectivity index (χ0) is 17.1. The van der Waals surface area contributed by atoms with Crippen molar-refractivity contribution in [3.63, 3.8) is 0 Å². The molecular formula is C19H29N3O2. The quantitative estimate of drug-likeness (QED) is 0.849. The summed E-state index contributed by atoms with van der Waals surface area (Å²) in [6.45, 7) is 6.76. The van der Waals surface area contributed by atoms with Gasteiger partial charge in [0.05, 0.1) is 13.2 Å². The second-order valence-corrected chi connectivity index (χ2v) is 7.03. The van der Waals surface area contributed by atoms with Crippen molar-refractivity contribution >= 4 is 5.91 Å². The SMILES string of the molecule is COc1ccc(C2CN(C3CCN(C)CC3)CCN2C(C)=O)cc1. The lowest BCUT2D eigenvalue weighted by Gasteiger charge is -2.46. The minimum absolute atomic E-state index is 0.141. The van der Waals surface area contributed by atoms with Gasteiger partial charge in [0.1, 0.15) is 5.75 Å². The second kappa shape index (κ2) is 7.53. The zero-order valence-electron chi connectivity index (χ0n) is 15.1. The molecule has 2 heterocycles. The van der Waals surface area contributed by atoms with Crippen molar-refractivity contribution in [3.05, 3.63) is 29.8 Å². The minimum atomic E-state index is 0.141. The number of nitrogens with zero attached hydrogens (tertiary/aromatic N) is 3. The van der Waals surface area contributed by atoms with Gasteiger partial charge < -0.3 is 14.5 Å². The predicted octanol–water partition coefficient (Wildman–Crippen LogP) is 1.99. The molecule has 5 heteroatoms. The normalized spacial score (nSPS) is 24.1. The lowest BCUT2D eigenvalue weighted by molar-refractivity contribution is -0.134. The maximum atomic E-state index is 12.1. The first-order chi connectivity index (χ1) is 11.6. The lowest BCUT2D eigenvalue weighted by atomic mass is 9.97. The molecule has 0 radical (unpaired) electrons. The fourth-order valence-electron chi connectivity index (χ4n) is 3.98. The summed E-state index contributed by atoms with van der Waals surface area (Å²) in [5.41, 5.74) is 1.20. The van der Waals surface area contributed by atoms with Crippen LogP contribution in [0.5, 0.6) is 5.75 Å². The number of hydrogen-bond donors (Lipinski definition) is 0. The Kier molecular flexibility index (Phi) is 5.41. The molecule has 3 rings (SSSR count). The summed E-state index contributed by atoms with van der Waals surface area (Å²) in [7, 11) is 3.88. The average molecular weight is 331 g/mol. The van der Waals surface area contributed by atoms with Crippen LogP contribution in [0.15, 0.2) is 24.3 Å². The van der Waals surface area contributed by atoms with Crippen LogP contribution in [0.1, 0.15) is 31.4 Å². The van der Waals surface area contributed by atoms with Crippen molar-refractivity contribution in [2.24, 2.45) is 0 Å². The van der Waals surface area contributed by atoms with Crippen molar-refractivity contribution in [1.29, 1.82) is 0 Å². The molecule has 1 amide bonds. The molecule has 2 fully saturated rings. The van der Waals surface area contributed by atoms with E-state index in [-0.39, 0.29) is 11.9 Å². The van der Waals surface area contributed by atoms with Crippen LogP contribution in [-0.4, -0.2) is 73.5 Å². The molecule has 1 atom stereocenters. The molecule has 1 aromatic carbocycles. The van der Waals surface area contributed by atoms with Crippen molar-refractivity contribution in [3.8, 4) is 5.75 Å². The van der Waals surface area contributed by atoms with Crippen LogP contribution in [-0.2, 0) is 4.79 Å². The first-order valence-corrected chi connectivity index (χ1v) is 8.92. The van der Waals surface area contributed by atoms with Crippen LogP contribution >= 0.6 is 0 Å². The largest absolute Gasteiger partial charge is 0.497 e. The maximum absolute atomic E-state index is 12.1. The Bertz CT molecular complexity index is 552. The Balaban J connectivity index is 1.75. The third kappa shape index (κ3) is 3.73. The summed E-state index contributed by atoms with van der Waals surface area (Å²) < 4.78 is 5.26. The molecule has 0 saturated carbocycles. The average Bonchev–Trinajstić information content (AvgIpc) is 2.62. The Hall–Kier alpha value is -1.59. The number of amides is 1. The van der Waals surface area contributed by atoms with Gasteiger partial charge in [0.15, 0.2) is 0 Å². The molecule has 1 unspecified atom stereocenters. The smallest absolute Gasteiger partial charge is 0.220 e. The Labute approximate surface area is 145 Å². The highest BCUT2D eigenvalue weighted by Crippen LogP contribution is 2.29. The number of carbonyl (C=O) groups is 1. The standard InChI is InChI=1S/C19H29N3O2/c1-15(23)22-13-12-21(17-8-10-20(2)11-9-17)14-19(22)16-4-6-18(24-3)7-5-16/h4-7,17,19H,8-14H2,1-3H3. The summed E-state index contributed by atoms with van der Waals surface area (Å²) in [6.07, 6.45) is 2.46. The Morgan fingerprint density at radius 3 is 2.33 bits per heavy atom. The third-order valence-corrected chi connectivity index (χ3v) is 5.52. The van der Waals surface area contributed by atoms with E-state index in [1.165, 1.54) is 31.5 Å². The van der Waals surface area contributed by atoms with Crippen molar-refractivity contribution < 1.29 is 9.53 Å². The summed E-state index contributed by atoms with van der Waals surface area (Å²) in [4.78, 5) is 19.1. The van der Waals surface area contributed by atoms with Crippen LogP contribution in [0.4, 0.5) is 0 Å².